The van der Waals surface area contributed by atoms with Gasteiger partial charge in [-0.05, 0) is 37.3 Å². The van der Waals surface area contributed by atoms with Gasteiger partial charge in [0.05, 0.1) is 18.1 Å². The minimum absolute atomic E-state index is 0.102. The Labute approximate surface area is 185 Å². The van der Waals surface area contributed by atoms with Gasteiger partial charge in [0.2, 0.25) is 5.75 Å². The number of halogens is 2. The molecule has 0 radical (unpaired) electrons. The van der Waals surface area contributed by atoms with Crippen molar-refractivity contribution in [3.8, 4) is 17.2 Å². The third-order valence-electron chi connectivity index (χ3n) is 4.24. The number of nitrogens with zero attached hydrogens (tertiary/aromatic N) is 1. The van der Waals surface area contributed by atoms with Gasteiger partial charge in [-0.15, -0.1) is 0 Å². The van der Waals surface area contributed by atoms with E-state index in [9.17, 15) is 19.3 Å². The maximum absolute atomic E-state index is 13.0. The zero-order valence-electron chi connectivity index (χ0n) is 16.5. The Balaban J connectivity index is 1.65. The average Bonchev–Trinajstić information content (AvgIpc) is 2.73. The van der Waals surface area contributed by atoms with E-state index in [0.29, 0.717) is 18.8 Å². The van der Waals surface area contributed by atoms with E-state index in [1.165, 1.54) is 49.4 Å². The number of hydrogen-bond acceptors (Lipinski definition) is 7. The molecular formula is C20H20BrFN2O7. The molecule has 2 aromatic carbocycles. The predicted molar refractivity (Wildman–Crippen MR) is 111 cm³/mol. The Hall–Kier alpha value is -2.76. The number of nitrogens with one attached hydrogen (secondary N) is 1. The van der Waals surface area contributed by atoms with Crippen molar-refractivity contribution < 1.29 is 33.1 Å². The van der Waals surface area contributed by atoms with Gasteiger partial charge in [-0.25, -0.2) is 4.39 Å². The van der Waals surface area contributed by atoms with Crippen LogP contribution < -0.4 is 14.8 Å². The molecule has 11 heteroatoms. The van der Waals surface area contributed by atoms with Gasteiger partial charge in [0.25, 0.3) is 5.91 Å². The van der Waals surface area contributed by atoms with Gasteiger partial charge in [0.15, 0.2) is 12.4 Å². The van der Waals surface area contributed by atoms with Crippen LogP contribution in [0.5, 0.6) is 17.2 Å². The summed E-state index contributed by atoms with van der Waals surface area (Å²) >= 11 is 3.33. The maximum Gasteiger partial charge on any atom is 0.311 e. The normalized spacial score (nSPS) is 19.3. The fourth-order valence-corrected chi connectivity index (χ4v) is 3.11. The molecular weight excluding hydrogens is 479 g/mol. The van der Waals surface area contributed by atoms with Crippen molar-refractivity contribution in [1.82, 2.24) is 5.32 Å². The number of amides is 1. The van der Waals surface area contributed by atoms with Crippen LogP contribution in [0.15, 0.2) is 42.5 Å². The van der Waals surface area contributed by atoms with Crippen LogP contribution in [0, 0.1) is 15.9 Å². The Morgan fingerprint density at radius 1 is 1.32 bits per heavy atom. The van der Waals surface area contributed by atoms with Crippen molar-refractivity contribution in [2.45, 2.75) is 30.8 Å². The van der Waals surface area contributed by atoms with Gasteiger partial charge in [-0.3, -0.25) is 14.9 Å². The standard InChI is InChI=1S/C20H20BrFN2O7/c1-12(20(25)23-11-19-28-9-8-18(21)31-19)29-17-10-15(6-7-16(17)24(26)27)30-14-4-2-13(22)3-5-14/h2-7,10,12,18-19H,8-9,11H2,1H3,(H,23,25). The lowest BCUT2D eigenvalue weighted by Crippen LogP contribution is -2.43. The summed E-state index contributed by atoms with van der Waals surface area (Å²) in [6.07, 6.45) is -0.941. The third kappa shape index (κ3) is 6.61. The lowest BCUT2D eigenvalue weighted by Gasteiger charge is -2.27. The van der Waals surface area contributed by atoms with Crippen LogP contribution in [0.2, 0.25) is 0 Å². The number of hydrogen-bond donors (Lipinski definition) is 1. The molecule has 3 atom stereocenters. The Bertz CT molecular complexity index is 928. The molecule has 1 aliphatic heterocycles. The van der Waals surface area contributed by atoms with Crippen molar-refractivity contribution in [1.29, 1.82) is 0 Å². The zero-order valence-corrected chi connectivity index (χ0v) is 18.0. The molecule has 2 aromatic rings. The molecule has 3 unspecified atom stereocenters. The Kier molecular flexibility index (Phi) is 7.77. The molecule has 0 aromatic heterocycles. The number of nitro groups is 1. The van der Waals surface area contributed by atoms with Gasteiger partial charge in [0.1, 0.15) is 22.3 Å². The molecule has 1 N–H and O–H groups in total. The van der Waals surface area contributed by atoms with Crippen LogP contribution in [0.1, 0.15) is 13.3 Å². The first-order valence-electron chi connectivity index (χ1n) is 9.39. The van der Waals surface area contributed by atoms with Crippen LogP contribution in [-0.2, 0) is 14.3 Å². The number of alkyl halides is 1. The minimum atomic E-state index is -1.04. The highest BCUT2D eigenvalue weighted by molar-refractivity contribution is 9.09. The highest BCUT2D eigenvalue weighted by Gasteiger charge is 2.25. The number of nitro benzene ring substituents is 1. The molecule has 0 spiro atoms. The van der Waals surface area contributed by atoms with E-state index < -0.39 is 29.0 Å². The smallest absolute Gasteiger partial charge is 0.311 e. The fourth-order valence-electron chi connectivity index (χ4n) is 2.68. The van der Waals surface area contributed by atoms with Crippen molar-refractivity contribution in [3.05, 3.63) is 58.4 Å². The van der Waals surface area contributed by atoms with E-state index in [1.807, 2.05) is 0 Å². The molecule has 0 aliphatic carbocycles. The summed E-state index contributed by atoms with van der Waals surface area (Å²) < 4.78 is 35.0. The molecule has 0 saturated carbocycles. The monoisotopic (exact) mass is 498 g/mol. The number of benzene rings is 2. The first-order chi connectivity index (χ1) is 14.8. The SMILES string of the molecule is CC(Oc1cc(Oc2ccc(F)cc2)ccc1[N+](=O)[O-])C(=O)NCC1OCCC(Br)O1. The number of carbonyl (C=O) groups excluding carboxylic acids is 1. The van der Waals surface area contributed by atoms with Crippen molar-refractivity contribution in [3.63, 3.8) is 0 Å². The zero-order chi connectivity index (χ0) is 22.4. The molecule has 1 heterocycles. The summed E-state index contributed by atoms with van der Waals surface area (Å²) in [6, 6.07) is 9.17. The average molecular weight is 499 g/mol. The highest BCUT2D eigenvalue weighted by Crippen LogP contribution is 2.34. The van der Waals surface area contributed by atoms with Gasteiger partial charge < -0.3 is 24.3 Å². The number of carbonyl (C=O) groups is 1. The quantitative estimate of drug-likeness (QED) is 0.334. The summed E-state index contributed by atoms with van der Waals surface area (Å²) in [6.45, 7) is 2.06. The van der Waals surface area contributed by atoms with Crippen molar-refractivity contribution in [2.75, 3.05) is 13.2 Å². The molecule has 9 nitrogen and oxygen atoms in total. The van der Waals surface area contributed by atoms with Gasteiger partial charge in [-0.2, -0.15) is 0 Å². The lowest BCUT2D eigenvalue weighted by atomic mass is 10.2. The largest absolute Gasteiger partial charge is 0.474 e. The van der Waals surface area contributed by atoms with Crippen LogP contribution in [-0.4, -0.2) is 41.4 Å². The van der Waals surface area contributed by atoms with Crippen LogP contribution >= 0.6 is 15.9 Å². The molecule has 1 amide bonds. The Morgan fingerprint density at radius 3 is 2.71 bits per heavy atom. The van der Waals surface area contributed by atoms with Crippen LogP contribution in [0.25, 0.3) is 0 Å². The van der Waals surface area contributed by atoms with E-state index in [-0.39, 0.29) is 28.7 Å². The fraction of sp³-hybridized carbons (Fsp3) is 0.350. The summed E-state index contributed by atoms with van der Waals surface area (Å²) in [4.78, 5) is 23.1. The molecule has 3 rings (SSSR count). The topological polar surface area (TPSA) is 109 Å². The molecule has 31 heavy (non-hydrogen) atoms. The van der Waals surface area contributed by atoms with Crippen molar-refractivity contribution >= 4 is 27.5 Å². The second-order valence-corrected chi connectivity index (χ2v) is 7.60. The van der Waals surface area contributed by atoms with E-state index in [0.717, 1.165) is 0 Å². The van der Waals surface area contributed by atoms with Crippen molar-refractivity contribution in [2.24, 2.45) is 0 Å². The summed E-state index contributed by atoms with van der Waals surface area (Å²) in [5.41, 5.74) is -0.327. The lowest BCUT2D eigenvalue weighted by molar-refractivity contribution is -0.386. The van der Waals surface area contributed by atoms with Gasteiger partial charge >= 0.3 is 5.69 Å². The first-order valence-corrected chi connectivity index (χ1v) is 10.3. The second kappa shape index (κ2) is 10.5. The Morgan fingerprint density at radius 2 is 2.03 bits per heavy atom. The molecule has 166 valence electrons. The van der Waals surface area contributed by atoms with Crippen LogP contribution in [0.3, 0.4) is 0 Å². The summed E-state index contributed by atoms with van der Waals surface area (Å²) in [7, 11) is 0. The number of rotatable bonds is 8. The number of ether oxygens (including phenoxy) is 4. The second-order valence-electron chi connectivity index (χ2n) is 6.58. The summed E-state index contributed by atoms with van der Waals surface area (Å²) in [5, 5.41) is 13.8. The third-order valence-corrected chi connectivity index (χ3v) is 4.91. The van der Waals surface area contributed by atoms with E-state index >= 15 is 0 Å². The minimum Gasteiger partial charge on any atom is -0.474 e. The molecule has 0 bridgehead atoms. The van der Waals surface area contributed by atoms with Gasteiger partial charge in [0, 0.05) is 18.6 Å². The predicted octanol–water partition coefficient (Wildman–Crippen LogP) is 3.89. The van der Waals surface area contributed by atoms with Gasteiger partial charge in [-0.1, -0.05) is 15.9 Å². The highest BCUT2D eigenvalue weighted by atomic mass is 79.9. The molecule has 1 saturated heterocycles. The summed E-state index contributed by atoms with van der Waals surface area (Å²) in [5.74, 6) is -0.492. The van der Waals surface area contributed by atoms with Crippen LogP contribution in [0.4, 0.5) is 10.1 Å². The first kappa shape index (κ1) is 22.9. The van der Waals surface area contributed by atoms with E-state index in [2.05, 4.69) is 21.2 Å². The maximum atomic E-state index is 13.0. The van der Waals surface area contributed by atoms with E-state index in [4.69, 9.17) is 18.9 Å². The van der Waals surface area contributed by atoms with E-state index in [1.54, 1.807) is 0 Å². The molecule has 1 fully saturated rings. The molecule has 1 aliphatic rings.